The number of rotatable bonds is 3. The summed E-state index contributed by atoms with van der Waals surface area (Å²) in [6, 6.07) is 0.433. The van der Waals surface area contributed by atoms with E-state index in [1.807, 2.05) is 0 Å². The molecule has 1 aliphatic carbocycles. The molecule has 1 rings (SSSR count). The molecule has 0 aromatic heterocycles. The molecule has 2 heteroatoms. The highest BCUT2D eigenvalue weighted by molar-refractivity contribution is 5.49. The lowest BCUT2D eigenvalue weighted by Gasteiger charge is -2.25. The minimum atomic E-state index is 0.433. The topological polar surface area (TPSA) is 43.1 Å². The van der Waals surface area contributed by atoms with Crippen molar-refractivity contribution in [1.29, 1.82) is 0 Å². The van der Waals surface area contributed by atoms with Gasteiger partial charge in [0.25, 0.3) is 0 Å². The van der Waals surface area contributed by atoms with Crippen LogP contribution in [0.5, 0.6) is 0 Å². The minimum Gasteiger partial charge on any atom is -0.328 e. The zero-order valence-corrected chi connectivity index (χ0v) is 6.96. The maximum atomic E-state index is 10.1. The van der Waals surface area contributed by atoms with E-state index in [1.54, 1.807) is 0 Å². The van der Waals surface area contributed by atoms with Crippen LogP contribution in [0.2, 0.25) is 0 Å². The first-order valence-electron chi connectivity index (χ1n) is 4.52. The standard InChI is InChI=1S/C9H17NO/c10-9-5-3-8(4-6-9)2-1-7-11/h7-9H,1-6,10H2. The molecule has 0 unspecified atom stereocenters. The van der Waals surface area contributed by atoms with Crippen LogP contribution in [0.1, 0.15) is 38.5 Å². The highest BCUT2D eigenvalue weighted by Crippen LogP contribution is 2.26. The molecule has 64 valence electrons. The van der Waals surface area contributed by atoms with Gasteiger partial charge in [0.15, 0.2) is 0 Å². The smallest absolute Gasteiger partial charge is 0.120 e. The van der Waals surface area contributed by atoms with Gasteiger partial charge in [-0.15, -0.1) is 0 Å². The molecular formula is C9H17NO. The summed E-state index contributed by atoms with van der Waals surface area (Å²) in [6.07, 6.45) is 7.61. The normalized spacial score (nSPS) is 31.7. The Hall–Kier alpha value is -0.370. The third-order valence-corrected chi connectivity index (χ3v) is 2.58. The lowest BCUT2D eigenvalue weighted by molar-refractivity contribution is -0.108. The quantitative estimate of drug-likeness (QED) is 0.627. The van der Waals surface area contributed by atoms with Gasteiger partial charge in [0, 0.05) is 12.5 Å². The van der Waals surface area contributed by atoms with Crippen molar-refractivity contribution in [2.24, 2.45) is 11.7 Å². The van der Waals surface area contributed by atoms with Gasteiger partial charge in [0.2, 0.25) is 0 Å². The third-order valence-electron chi connectivity index (χ3n) is 2.58. The van der Waals surface area contributed by atoms with Crippen LogP contribution in [0.3, 0.4) is 0 Å². The monoisotopic (exact) mass is 155 g/mol. The van der Waals surface area contributed by atoms with E-state index in [0.717, 1.165) is 37.9 Å². The fourth-order valence-corrected chi connectivity index (χ4v) is 1.78. The lowest BCUT2D eigenvalue weighted by Crippen LogP contribution is -2.26. The molecule has 0 heterocycles. The maximum absolute atomic E-state index is 10.1. The Bertz CT molecular complexity index is 117. The van der Waals surface area contributed by atoms with Gasteiger partial charge in [-0.1, -0.05) is 0 Å². The summed E-state index contributed by atoms with van der Waals surface area (Å²) >= 11 is 0. The molecule has 0 aromatic rings. The van der Waals surface area contributed by atoms with Crippen LogP contribution in [0.4, 0.5) is 0 Å². The van der Waals surface area contributed by atoms with E-state index in [9.17, 15) is 4.79 Å². The van der Waals surface area contributed by atoms with Gasteiger partial charge in [-0.3, -0.25) is 0 Å². The SMILES string of the molecule is NC1CCC(CCC=O)CC1. The Morgan fingerprint density at radius 1 is 1.27 bits per heavy atom. The Morgan fingerprint density at radius 2 is 1.91 bits per heavy atom. The van der Waals surface area contributed by atoms with Crippen molar-refractivity contribution in [1.82, 2.24) is 0 Å². The predicted octanol–water partition coefficient (Wildman–Crippen LogP) is 1.48. The minimum absolute atomic E-state index is 0.433. The number of hydrogen-bond donors (Lipinski definition) is 1. The fourth-order valence-electron chi connectivity index (χ4n) is 1.78. The van der Waals surface area contributed by atoms with Crippen molar-refractivity contribution in [2.75, 3.05) is 0 Å². The average molecular weight is 155 g/mol. The van der Waals surface area contributed by atoms with Crippen molar-refractivity contribution in [2.45, 2.75) is 44.6 Å². The van der Waals surface area contributed by atoms with Crippen LogP contribution in [0.25, 0.3) is 0 Å². The first-order valence-corrected chi connectivity index (χ1v) is 4.52. The largest absolute Gasteiger partial charge is 0.328 e. The Balaban J connectivity index is 2.12. The summed E-state index contributed by atoms with van der Waals surface area (Å²) < 4.78 is 0. The van der Waals surface area contributed by atoms with Gasteiger partial charge < -0.3 is 10.5 Å². The Labute approximate surface area is 68.2 Å². The van der Waals surface area contributed by atoms with Crippen molar-refractivity contribution in [3.63, 3.8) is 0 Å². The molecule has 0 radical (unpaired) electrons. The van der Waals surface area contributed by atoms with Crippen molar-refractivity contribution in [3.8, 4) is 0 Å². The Morgan fingerprint density at radius 3 is 2.45 bits per heavy atom. The Kier molecular flexibility index (Phi) is 3.57. The van der Waals surface area contributed by atoms with Crippen LogP contribution in [0, 0.1) is 5.92 Å². The molecule has 2 N–H and O–H groups in total. The molecule has 0 aliphatic heterocycles. The van der Waals surface area contributed by atoms with E-state index >= 15 is 0 Å². The van der Waals surface area contributed by atoms with Crippen molar-refractivity contribution >= 4 is 6.29 Å². The summed E-state index contributed by atoms with van der Waals surface area (Å²) in [4.78, 5) is 10.1. The van der Waals surface area contributed by atoms with E-state index in [1.165, 1.54) is 12.8 Å². The van der Waals surface area contributed by atoms with E-state index in [4.69, 9.17) is 5.73 Å². The van der Waals surface area contributed by atoms with Gasteiger partial charge in [-0.05, 0) is 38.0 Å². The molecule has 0 saturated heterocycles. The fraction of sp³-hybridized carbons (Fsp3) is 0.889. The van der Waals surface area contributed by atoms with Crippen LogP contribution in [0.15, 0.2) is 0 Å². The number of carbonyl (C=O) groups is 1. The van der Waals surface area contributed by atoms with Crippen LogP contribution < -0.4 is 5.73 Å². The molecule has 0 atom stereocenters. The van der Waals surface area contributed by atoms with Crippen LogP contribution >= 0.6 is 0 Å². The number of aldehydes is 1. The summed E-state index contributed by atoms with van der Waals surface area (Å²) in [7, 11) is 0. The molecule has 0 aromatic carbocycles. The van der Waals surface area contributed by atoms with Gasteiger partial charge in [0.1, 0.15) is 6.29 Å². The maximum Gasteiger partial charge on any atom is 0.120 e. The van der Waals surface area contributed by atoms with Crippen molar-refractivity contribution in [3.05, 3.63) is 0 Å². The third kappa shape index (κ3) is 3.02. The average Bonchev–Trinajstić information content (AvgIpc) is 2.04. The molecule has 1 fully saturated rings. The van der Waals surface area contributed by atoms with Gasteiger partial charge in [0.05, 0.1) is 0 Å². The number of carbonyl (C=O) groups excluding carboxylic acids is 1. The van der Waals surface area contributed by atoms with E-state index < -0.39 is 0 Å². The van der Waals surface area contributed by atoms with Gasteiger partial charge in [-0.25, -0.2) is 0 Å². The second-order valence-corrected chi connectivity index (χ2v) is 3.52. The molecule has 0 bridgehead atoms. The number of nitrogens with two attached hydrogens (primary N) is 1. The first kappa shape index (κ1) is 8.72. The summed E-state index contributed by atoms with van der Waals surface area (Å²) in [5.74, 6) is 0.778. The molecule has 2 nitrogen and oxygen atoms in total. The summed E-state index contributed by atoms with van der Waals surface area (Å²) in [5, 5.41) is 0. The van der Waals surface area contributed by atoms with Crippen LogP contribution in [-0.4, -0.2) is 12.3 Å². The van der Waals surface area contributed by atoms with Gasteiger partial charge in [-0.2, -0.15) is 0 Å². The molecule has 1 aliphatic rings. The van der Waals surface area contributed by atoms with Crippen molar-refractivity contribution < 1.29 is 4.79 Å². The zero-order valence-electron chi connectivity index (χ0n) is 6.96. The highest BCUT2D eigenvalue weighted by atomic mass is 16.1. The molecule has 0 spiro atoms. The van der Waals surface area contributed by atoms with Gasteiger partial charge >= 0.3 is 0 Å². The lowest BCUT2D eigenvalue weighted by atomic mass is 9.84. The summed E-state index contributed by atoms with van der Waals surface area (Å²) in [6.45, 7) is 0. The predicted molar refractivity (Wildman–Crippen MR) is 45.2 cm³/mol. The van der Waals surface area contributed by atoms with Crippen LogP contribution in [-0.2, 0) is 4.79 Å². The van der Waals surface area contributed by atoms with E-state index in [2.05, 4.69) is 0 Å². The molecule has 1 saturated carbocycles. The van der Waals surface area contributed by atoms with E-state index in [-0.39, 0.29) is 0 Å². The summed E-state index contributed by atoms with van der Waals surface area (Å²) in [5.41, 5.74) is 5.76. The molecule has 11 heavy (non-hydrogen) atoms. The highest BCUT2D eigenvalue weighted by Gasteiger charge is 2.17. The first-order chi connectivity index (χ1) is 5.33. The van der Waals surface area contributed by atoms with E-state index in [0.29, 0.717) is 6.04 Å². The second-order valence-electron chi connectivity index (χ2n) is 3.52. The number of hydrogen-bond acceptors (Lipinski definition) is 2. The second kappa shape index (κ2) is 4.50. The zero-order chi connectivity index (χ0) is 8.10. The molecular weight excluding hydrogens is 138 g/mol. The molecule has 0 amide bonds.